The van der Waals surface area contributed by atoms with Gasteiger partial charge in [0, 0.05) is 42.6 Å². The minimum absolute atomic E-state index is 0.112. The molecule has 3 aliphatic rings. The maximum absolute atomic E-state index is 13.8. The SMILES string of the molecule is C=C1/C=C\C=C/C[C@H](Oc2ccc3nnc(N4C5CCCC4CC5)n3c2)CC[C@@H]1NC(=O)Nc1cc(C(C)(C)C)nn1-c1cccc(OCCN(C)C)c1. The molecule has 286 valence electrons. The van der Waals surface area contributed by atoms with Gasteiger partial charge in [-0.3, -0.25) is 9.72 Å². The van der Waals surface area contributed by atoms with Gasteiger partial charge in [-0.25, -0.2) is 9.48 Å². The summed E-state index contributed by atoms with van der Waals surface area (Å²) >= 11 is 0. The molecule has 12 heteroatoms. The summed E-state index contributed by atoms with van der Waals surface area (Å²) in [5, 5.41) is 20.3. The number of nitrogens with one attached hydrogen (secondary N) is 2. The van der Waals surface area contributed by atoms with E-state index in [1.807, 2.05) is 81.0 Å². The highest BCUT2D eigenvalue weighted by Gasteiger charge is 2.39. The van der Waals surface area contributed by atoms with Gasteiger partial charge in [0.25, 0.3) is 0 Å². The van der Waals surface area contributed by atoms with E-state index in [0.717, 1.165) is 53.0 Å². The average molecular weight is 734 g/mol. The fourth-order valence-electron chi connectivity index (χ4n) is 7.67. The van der Waals surface area contributed by atoms with Crippen LogP contribution in [-0.4, -0.2) is 86.8 Å². The largest absolute Gasteiger partial charge is 0.492 e. The van der Waals surface area contributed by atoms with Gasteiger partial charge in [0.15, 0.2) is 5.65 Å². The summed E-state index contributed by atoms with van der Waals surface area (Å²) in [6.45, 7) is 12.0. The number of urea groups is 1. The Kier molecular flexibility index (Phi) is 11.1. The molecule has 2 unspecified atom stereocenters. The maximum atomic E-state index is 13.8. The number of likely N-dealkylation sites (N-methyl/N-ethyl adjacent to an activating group) is 1. The standard InChI is InChI=1S/C42H55N9O3/c1-29-12-8-7-9-16-33(54-35-21-23-38-45-46-41(49(38)28-35)50-30-13-10-14-31(50)19-18-30)20-22-36(29)43-40(52)44-39-27-37(42(2,3)4)47-51(39)32-15-11-17-34(26-32)53-25-24-48(5)6/h7-9,11-12,15,17,21,23,26-28,30-31,33,36H,1,10,13-14,16,18-20,22,24-25H2,2-6H3,(H2,43,44,52)/b9-7-,12-8-/t30?,31?,33-,36-/m0/s1. The number of ether oxygens (including phenoxy) is 2. The minimum atomic E-state index is -0.336. The number of amides is 2. The fourth-order valence-corrected chi connectivity index (χ4v) is 7.67. The van der Waals surface area contributed by atoms with Gasteiger partial charge >= 0.3 is 6.03 Å². The van der Waals surface area contributed by atoms with E-state index in [4.69, 9.17) is 14.6 Å². The third kappa shape index (κ3) is 8.65. The Labute approximate surface area is 318 Å². The second kappa shape index (κ2) is 16.1. The van der Waals surface area contributed by atoms with Crippen molar-refractivity contribution in [3.8, 4) is 17.2 Å². The van der Waals surface area contributed by atoms with Gasteiger partial charge in [-0.05, 0) is 88.9 Å². The fraction of sp³-hybridized carbons (Fsp3) is 0.476. The van der Waals surface area contributed by atoms with E-state index < -0.39 is 0 Å². The van der Waals surface area contributed by atoms with E-state index in [1.54, 1.807) is 4.68 Å². The summed E-state index contributed by atoms with van der Waals surface area (Å²) in [7, 11) is 4.03. The Morgan fingerprint density at radius 3 is 2.57 bits per heavy atom. The molecule has 2 saturated heterocycles. The summed E-state index contributed by atoms with van der Waals surface area (Å²) in [6.07, 6.45) is 18.2. The highest BCUT2D eigenvalue weighted by atomic mass is 16.5. The summed E-state index contributed by atoms with van der Waals surface area (Å²) in [5.74, 6) is 3.00. The molecule has 2 N–H and O–H groups in total. The molecule has 12 nitrogen and oxygen atoms in total. The number of carbonyl (C=O) groups excluding carboxylic acids is 1. The molecule has 4 atom stereocenters. The normalized spacial score (nSPS) is 23.0. The number of fused-ring (bicyclic) bond motifs is 3. The number of anilines is 2. The lowest BCUT2D eigenvalue weighted by Crippen LogP contribution is -2.40. The van der Waals surface area contributed by atoms with Crippen molar-refractivity contribution >= 4 is 23.4 Å². The van der Waals surface area contributed by atoms with Crippen LogP contribution in [0.5, 0.6) is 11.5 Å². The predicted molar refractivity (Wildman–Crippen MR) is 214 cm³/mol. The molecular formula is C42H55N9O3. The molecule has 2 bridgehead atoms. The Balaban J connectivity index is 1.05. The Morgan fingerprint density at radius 2 is 1.80 bits per heavy atom. The van der Waals surface area contributed by atoms with Crippen molar-refractivity contribution in [2.75, 3.05) is 37.5 Å². The highest BCUT2D eigenvalue weighted by molar-refractivity contribution is 5.89. The molecule has 2 amide bonds. The maximum Gasteiger partial charge on any atom is 0.320 e. The number of nitrogens with zero attached hydrogens (tertiary/aromatic N) is 7. The van der Waals surface area contributed by atoms with Crippen LogP contribution in [0, 0.1) is 0 Å². The van der Waals surface area contributed by atoms with Gasteiger partial charge in [0.05, 0.1) is 23.6 Å². The van der Waals surface area contributed by atoms with E-state index >= 15 is 0 Å². The van der Waals surface area contributed by atoms with Crippen molar-refractivity contribution in [1.29, 1.82) is 0 Å². The van der Waals surface area contributed by atoms with E-state index in [9.17, 15) is 4.79 Å². The zero-order valence-corrected chi connectivity index (χ0v) is 32.4. The number of rotatable bonds is 10. The van der Waals surface area contributed by atoms with E-state index in [-0.39, 0.29) is 23.6 Å². The average Bonchev–Trinajstić information content (AvgIpc) is 3.81. The van der Waals surface area contributed by atoms with Gasteiger partial charge in [-0.1, -0.05) is 57.7 Å². The number of aromatic nitrogens is 5. The molecule has 5 heterocycles. The zero-order valence-electron chi connectivity index (χ0n) is 32.4. The first kappa shape index (κ1) is 37.2. The molecular weight excluding hydrogens is 679 g/mol. The van der Waals surface area contributed by atoms with Crippen LogP contribution in [0.1, 0.15) is 77.8 Å². The molecule has 3 aromatic heterocycles. The lowest BCUT2D eigenvalue weighted by atomic mass is 9.92. The molecule has 7 rings (SSSR count). The van der Waals surface area contributed by atoms with Crippen molar-refractivity contribution in [3.05, 3.63) is 90.8 Å². The zero-order chi connectivity index (χ0) is 37.8. The van der Waals surface area contributed by atoms with Gasteiger partial charge in [0.1, 0.15) is 30.0 Å². The quantitative estimate of drug-likeness (QED) is 0.173. The second-order valence-corrected chi connectivity index (χ2v) is 16.1. The van der Waals surface area contributed by atoms with Crippen LogP contribution in [0.15, 0.2) is 85.1 Å². The van der Waals surface area contributed by atoms with Gasteiger partial charge in [-0.2, -0.15) is 5.10 Å². The molecule has 2 aliphatic heterocycles. The second-order valence-electron chi connectivity index (χ2n) is 16.1. The van der Waals surface area contributed by atoms with E-state index in [2.05, 4.69) is 68.5 Å². The topological polar surface area (TPSA) is 114 Å². The lowest BCUT2D eigenvalue weighted by Gasteiger charge is -2.34. The number of allylic oxidation sites excluding steroid dienone is 2. The third-order valence-electron chi connectivity index (χ3n) is 10.7. The first-order valence-electron chi connectivity index (χ1n) is 19.4. The highest BCUT2D eigenvalue weighted by Crippen LogP contribution is 2.39. The monoisotopic (exact) mass is 733 g/mol. The molecule has 54 heavy (non-hydrogen) atoms. The number of carbonyl (C=O) groups is 1. The molecule has 4 aromatic rings. The Morgan fingerprint density at radius 1 is 0.981 bits per heavy atom. The number of piperidine rings is 1. The van der Waals surface area contributed by atoms with Crippen LogP contribution in [-0.2, 0) is 5.41 Å². The summed E-state index contributed by atoms with van der Waals surface area (Å²) in [6, 6.07) is 14.1. The number of hydrogen-bond donors (Lipinski definition) is 2. The van der Waals surface area contributed by atoms with E-state index in [0.29, 0.717) is 37.4 Å². The summed E-state index contributed by atoms with van der Waals surface area (Å²) in [4.78, 5) is 18.3. The van der Waals surface area contributed by atoms with Crippen molar-refractivity contribution < 1.29 is 14.3 Å². The molecule has 1 aromatic carbocycles. The molecule has 0 spiro atoms. The summed E-state index contributed by atoms with van der Waals surface area (Å²) in [5.41, 5.74) is 3.05. The molecule has 0 radical (unpaired) electrons. The van der Waals surface area contributed by atoms with Gasteiger partial charge in [0.2, 0.25) is 5.95 Å². The lowest BCUT2D eigenvalue weighted by molar-refractivity contribution is 0.186. The summed E-state index contributed by atoms with van der Waals surface area (Å²) < 4.78 is 16.5. The number of benzene rings is 1. The van der Waals surface area contributed by atoms with Crippen LogP contribution in [0.3, 0.4) is 0 Å². The van der Waals surface area contributed by atoms with Crippen LogP contribution < -0.4 is 25.0 Å². The predicted octanol–water partition coefficient (Wildman–Crippen LogP) is 7.46. The van der Waals surface area contributed by atoms with Gasteiger partial charge in [-0.15, -0.1) is 10.2 Å². The molecule has 1 aliphatic carbocycles. The van der Waals surface area contributed by atoms with Crippen molar-refractivity contribution in [2.45, 2.75) is 102 Å². The number of pyridine rings is 1. The van der Waals surface area contributed by atoms with Crippen LogP contribution in [0.25, 0.3) is 11.3 Å². The molecule has 2 fully saturated rings. The Hall–Kier alpha value is -5.10. The smallest absolute Gasteiger partial charge is 0.320 e. The minimum Gasteiger partial charge on any atom is -0.492 e. The van der Waals surface area contributed by atoms with Crippen LogP contribution >= 0.6 is 0 Å². The Bertz CT molecular complexity index is 1990. The van der Waals surface area contributed by atoms with Crippen LogP contribution in [0.2, 0.25) is 0 Å². The third-order valence-corrected chi connectivity index (χ3v) is 10.7. The van der Waals surface area contributed by atoms with Crippen molar-refractivity contribution in [2.24, 2.45) is 0 Å². The van der Waals surface area contributed by atoms with Crippen LogP contribution in [0.4, 0.5) is 16.6 Å². The van der Waals surface area contributed by atoms with Crippen molar-refractivity contribution in [1.82, 2.24) is 34.6 Å². The number of hydrogen-bond acceptors (Lipinski definition) is 8. The van der Waals surface area contributed by atoms with Gasteiger partial charge < -0.3 is 24.6 Å². The first-order valence-corrected chi connectivity index (χ1v) is 19.4. The van der Waals surface area contributed by atoms with Crippen molar-refractivity contribution in [3.63, 3.8) is 0 Å². The first-order chi connectivity index (χ1) is 26.0. The molecule has 0 saturated carbocycles. The van der Waals surface area contributed by atoms with E-state index in [1.165, 1.54) is 32.1 Å².